The number of carbonyl (C=O) groups is 1. The Balaban J connectivity index is 3.01. The average Bonchev–Trinajstić information content (AvgIpc) is 2.04. The van der Waals surface area contributed by atoms with Crippen LogP contribution in [0.5, 0.6) is 0 Å². The Bertz CT molecular complexity index is 130. The quantitative estimate of drug-likeness (QED) is 0.430. The summed E-state index contributed by atoms with van der Waals surface area (Å²) in [6, 6.07) is 0. The molecule has 64 valence electrons. The molecule has 0 saturated heterocycles. The van der Waals surface area contributed by atoms with Gasteiger partial charge in [-0.05, 0) is 0 Å². The van der Waals surface area contributed by atoms with E-state index in [1.54, 1.807) is 11.8 Å². The summed E-state index contributed by atoms with van der Waals surface area (Å²) in [6.07, 6.45) is 1.86. The molecule has 0 heterocycles. The Morgan fingerprint density at radius 3 is 3.00 bits per heavy atom. The average molecular weight is 238 g/mol. The molecule has 0 fully saturated rings. The van der Waals surface area contributed by atoms with E-state index < -0.39 is 0 Å². The maximum absolute atomic E-state index is 10.7. The van der Waals surface area contributed by atoms with E-state index in [4.69, 9.17) is 0 Å². The highest BCUT2D eigenvalue weighted by Gasteiger charge is 1.94. The summed E-state index contributed by atoms with van der Waals surface area (Å²) in [6.45, 7) is 4.33. The first kappa shape index (κ1) is 11.0. The van der Waals surface area contributed by atoms with Crippen molar-refractivity contribution in [3.8, 4) is 0 Å². The van der Waals surface area contributed by atoms with Gasteiger partial charge in [0.15, 0.2) is 0 Å². The molecule has 0 unspecified atom stereocenters. The number of carbonyl (C=O) groups excluding carboxylic acids is 1. The van der Waals surface area contributed by atoms with Crippen LogP contribution in [0.25, 0.3) is 0 Å². The summed E-state index contributed by atoms with van der Waals surface area (Å²) in [5, 5.41) is 3.14. The van der Waals surface area contributed by atoms with E-state index in [-0.39, 0.29) is 5.91 Å². The van der Waals surface area contributed by atoms with E-state index in [0.717, 1.165) is 18.1 Å². The normalized spacial score (nSPS) is 9.18. The second-order valence-electron chi connectivity index (χ2n) is 1.85. The Hall–Kier alpha value is 0.0400. The molecule has 2 nitrogen and oxygen atoms in total. The largest absolute Gasteiger partial charge is 0.355 e. The van der Waals surface area contributed by atoms with E-state index >= 15 is 0 Å². The van der Waals surface area contributed by atoms with E-state index in [2.05, 4.69) is 27.8 Å². The van der Waals surface area contributed by atoms with Crippen LogP contribution < -0.4 is 5.32 Å². The molecular weight excluding hydrogens is 226 g/mol. The van der Waals surface area contributed by atoms with Crippen LogP contribution >= 0.6 is 27.7 Å². The first-order chi connectivity index (χ1) is 5.31. The number of hydrogen-bond donors (Lipinski definition) is 1. The molecule has 0 aromatic carbocycles. The van der Waals surface area contributed by atoms with Gasteiger partial charge in [-0.25, -0.2) is 0 Å². The lowest BCUT2D eigenvalue weighted by Crippen LogP contribution is -2.26. The number of hydrogen-bond acceptors (Lipinski definition) is 2. The third-order valence-corrected chi connectivity index (χ3v) is 2.40. The van der Waals surface area contributed by atoms with Gasteiger partial charge in [0.05, 0.1) is 5.33 Å². The van der Waals surface area contributed by atoms with Crippen molar-refractivity contribution in [3.05, 3.63) is 12.7 Å². The highest BCUT2D eigenvalue weighted by molar-refractivity contribution is 9.09. The Labute approximate surface area is 79.9 Å². The zero-order valence-electron chi connectivity index (χ0n) is 6.31. The van der Waals surface area contributed by atoms with Crippen molar-refractivity contribution in [1.29, 1.82) is 0 Å². The predicted octanol–water partition coefficient (Wildman–Crippen LogP) is 1.42. The van der Waals surface area contributed by atoms with Gasteiger partial charge in [0, 0.05) is 18.1 Å². The smallest absolute Gasteiger partial charge is 0.230 e. The van der Waals surface area contributed by atoms with Gasteiger partial charge in [0.2, 0.25) is 5.91 Å². The molecule has 4 heteroatoms. The van der Waals surface area contributed by atoms with Crippen molar-refractivity contribution in [2.75, 3.05) is 23.4 Å². The predicted molar refractivity (Wildman–Crippen MR) is 54.3 cm³/mol. The van der Waals surface area contributed by atoms with Crippen molar-refractivity contribution in [1.82, 2.24) is 5.32 Å². The number of thioether (sulfide) groups is 1. The van der Waals surface area contributed by atoms with Crippen LogP contribution in [0.4, 0.5) is 0 Å². The molecule has 1 amide bonds. The molecule has 0 aliphatic carbocycles. The first-order valence-corrected chi connectivity index (χ1v) is 5.60. The van der Waals surface area contributed by atoms with Crippen molar-refractivity contribution in [2.24, 2.45) is 0 Å². The number of alkyl halides is 1. The summed E-state index contributed by atoms with van der Waals surface area (Å²) >= 11 is 4.82. The minimum Gasteiger partial charge on any atom is -0.355 e. The van der Waals surface area contributed by atoms with Gasteiger partial charge >= 0.3 is 0 Å². The lowest BCUT2D eigenvalue weighted by atomic mass is 10.6. The molecule has 0 radical (unpaired) electrons. The minimum atomic E-state index is 0.0456. The molecule has 0 aromatic rings. The van der Waals surface area contributed by atoms with Crippen LogP contribution in [0.3, 0.4) is 0 Å². The number of rotatable bonds is 6. The van der Waals surface area contributed by atoms with Gasteiger partial charge in [0.25, 0.3) is 0 Å². The van der Waals surface area contributed by atoms with Gasteiger partial charge in [-0.1, -0.05) is 22.0 Å². The lowest BCUT2D eigenvalue weighted by molar-refractivity contribution is -0.118. The summed E-state index contributed by atoms with van der Waals surface area (Å²) < 4.78 is 0. The van der Waals surface area contributed by atoms with Crippen LogP contribution in [-0.2, 0) is 4.79 Å². The molecule has 0 saturated carbocycles. The van der Waals surface area contributed by atoms with Crippen LogP contribution in [0.15, 0.2) is 12.7 Å². The molecular formula is C7H12BrNOS. The molecule has 11 heavy (non-hydrogen) atoms. The summed E-state index contributed by atoms with van der Waals surface area (Å²) in [5.41, 5.74) is 0. The molecule has 0 atom stereocenters. The molecule has 0 aliphatic heterocycles. The maximum atomic E-state index is 10.7. The standard InChI is InChI=1S/C7H12BrNOS/c1-2-4-11-5-3-9-7(10)6-8/h2H,1,3-6H2,(H,9,10). The molecule has 0 aromatic heterocycles. The summed E-state index contributed by atoms with van der Waals surface area (Å²) in [4.78, 5) is 10.7. The fourth-order valence-corrected chi connectivity index (χ4v) is 1.25. The third kappa shape index (κ3) is 7.94. The minimum absolute atomic E-state index is 0.0456. The highest BCUT2D eigenvalue weighted by atomic mass is 79.9. The van der Waals surface area contributed by atoms with Gasteiger partial charge in [-0.3, -0.25) is 4.79 Å². The molecule has 0 spiro atoms. The van der Waals surface area contributed by atoms with Gasteiger partial charge in [-0.15, -0.1) is 6.58 Å². The van der Waals surface area contributed by atoms with Crippen LogP contribution in [0, 0.1) is 0 Å². The first-order valence-electron chi connectivity index (χ1n) is 3.32. The highest BCUT2D eigenvalue weighted by Crippen LogP contribution is 1.96. The third-order valence-electron chi connectivity index (χ3n) is 0.926. The van der Waals surface area contributed by atoms with Crippen LogP contribution in [0.1, 0.15) is 0 Å². The Kier molecular flexibility index (Phi) is 8.17. The van der Waals surface area contributed by atoms with E-state index in [1.165, 1.54) is 0 Å². The van der Waals surface area contributed by atoms with Crippen LogP contribution in [-0.4, -0.2) is 29.3 Å². The lowest BCUT2D eigenvalue weighted by Gasteiger charge is -2.00. The number of nitrogens with one attached hydrogen (secondary N) is 1. The zero-order valence-corrected chi connectivity index (χ0v) is 8.71. The zero-order chi connectivity index (χ0) is 8.53. The topological polar surface area (TPSA) is 29.1 Å². The fourth-order valence-electron chi connectivity index (χ4n) is 0.477. The van der Waals surface area contributed by atoms with Crippen molar-refractivity contribution < 1.29 is 4.79 Å². The summed E-state index contributed by atoms with van der Waals surface area (Å²) in [7, 11) is 0. The van der Waals surface area contributed by atoms with Crippen molar-refractivity contribution >= 4 is 33.6 Å². The number of halogens is 1. The van der Waals surface area contributed by atoms with Crippen LogP contribution in [0.2, 0.25) is 0 Å². The Morgan fingerprint density at radius 1 is 1.73 bits per heavy atom. The maximum Gasteiger partial charge on any atom is 0.230 e. The Morgan fingerprint density at radius 2 is 2.45 bits per heavy atom. The molecule has 0 rings (SSSR count). The summed E-state index contributed by atoms with van der Waals surface area (Å²) in [5.74, 6) is 1.94. The molecule has 0 aliphatic rings. The number of amides is 1. The van der Waals surface area contributed by atoms with Gasteiger partial charge in [-0.2, -0.15) is 11.8 Å². The van der Waals surface area contributed by atoms with Gasteiger partial charge < -0.3 is 5.32 Å². The second kappa shape index (κ2) is 8.14. The van der Waals surface area contributed by atoms with Crippen molar-refractivity contribution in [3.63, 3.8) is 0 Å². The van der Waals surface area contributed by atoms with E-state index in [9.17, 15) is 4.79 Å². The van der Waals surface area contributed by atoms with E-state index in [1.807, 2.05) is 6.08 Å². The second-order valence-corrected chi connectivity index (χ2v) is 3.56. The van der Waals surface area contributed by atoms with Crippen molar-refractivity contribution in [2.45, 2.75) is 0 Å². The van der Waals surface area contributed by atoms with Gasteiger partial charge in [0.1, 0.15) is 0 Å². The SMILES string of the molecule is C=CCSCCNC(=O)CBr. The monoisotopic (exact) mass is 237 g/mol. The fraction of sp³-hybridized carbons (Fsp3) is 0.571. The van der Waals surface area contributed by atoms with E-state index in [0.29, 0.717) is 5.33 Å². The molecule has 0 bridgehead atoms. The molecule has 1 N–H and O–H groups in total.